The third-order valence-corrected chi connectivity index (χ3v) is 3.51. The summed E-state index contributed by atoms with van der Waals surface area (Å²) in [7, 11) is 1.53. The maximum Gasteiger partial charge on any atom is 0.261 e. The zero-order chi connectivity index (χ0) is 11.8. The first-order valence-electron chi connectivity index (χ1n) is 4.43. The van der Waals surface area contributed by atoms with Crippen molar-refractivity contribution < 1.29 is 12.8 Å². The molecule has 0 spiro atoms. The first-order chi connectivity index (χ1) is 7.48. The van der Waals surface area contributed by atoms with Crippen LogP contribution in [0.1, 0.15) is 5.69 Å². The Kier molecular flexibility index (Phi) is 2.73. The largest absolute Gasteiger partial charge is 0.443 e. The first-order valence-corrected chi connectivity index (χ1v) is 6.74. The van der Waals surface area contributed by atoms with Crippen LogP contribution in [0, 0.1) is 6.92 Å². The molecule has 1 aromatic carbocycles. The minimum absolute atomic E-state index is 0.0649. The number of benzene rings is 1. The average molecular weight is 258 g/mol. The van der Waals surface area contributed by atoms with E-state index in [0.29, 0.717) is 5.76 Å². The van der Waals surface area contributed by atoms with Crippen LogP contribution in [0.4, 0.5) is 0 Å². The number of rotatable bonds is 2. The van der Waals surface area contributed by atoms with Crippen LogP contribution in [0.2, 0.25) is 0 Å². The maximum absolute atomic E-state index is 11.0. The van der Waals surface area contributed by atoms with Crippen LogP contribution in [0.3, 0.4) is 0 Å². The molecule has 1 aromatic heterocycles. The van der Waals surface area contributed by atoms with Crippen molar-refractivity contribution in [3.05, 3.63) is 36.4 Å². The van der Waals surface area contributed by atoms with Gasteiger partial charge < -0.3 is 4.42 Å². The van der Waals surface area contributed by atoms with Crippen LogP contribution in [-0.4, -0.2) is 13.4 Å². The molecule has 4 nitrogen and oxygen atoms in total. The fraction of sp³-hybridized carbons (Fsp3) is 0.100. The Balaban J connectivity index is 2.45. The minimum atomic E-state index is -3.67. The molecule has 0 unspecified atom stereocenters. The molecular formula is C10H8ClNO3S. The van der Waals surface area contributed by atoms with Crippen LogP contribution in [-0.2, 0) is 9.05 Å². The molecule has 0 saturated heterocycles. The lowest BCUT2D eigenvalue weighted by molar-refractivity contribution is 0.571. The van der Waals surface area contributed by atoms with Gasteiger partial charge in [0.15, 0.2) is 12.2 Å². The Morgan fingerprint density at radius 2 is 1.88 bits per heavy atom. The highest BCUT2D eigenvalue weighted by atomic mass is 35.7. The summed E-state index contributed by atoms with van der Waals surface area (Å²) in [6.45, 7) is 1.81. The fourth-order valence-corrected chi connectivity index (χ4v) is 2.12. The highest BCUT2D eigenvalue weighted by Gasteiger charge is 2.11. The van der Waals surface area contributed by atoms with Crippen molar-refractivity contribution in [2.45, 2.75) is 11.8 Å². The number of halogens is 1. The number of oxazole rings is 1. The Labute approximate surface area is 97.3 Å². The molecule has 0 aliphatic carbocycles. The van der Waals surface area contributed by atoms with E-state index in [1.165, 1.54) is 18.5 Å². The van der Waals surface area contributed by atoms with Crippen molar-refractivity contribution in [1.82, 2.24) is 4.98 Å². The minimum Gasteiger partial charge on any atom is -0.443 e. The second-order valence-electron chi connectivity index (χ2n) is 3.23. The van der Waals surface area contributed by atoms with E-state index in [2.05, 4.69) is 4.98 Å². The van der Waals surface area contributed by atoms with Gasteiger partial charge in [-0.3, -0.25) is 0 Å². The van der Waals surface area contributed by atoms with Gasteiger partial charge in [-0.25, -0.2) is 13.4 Å². The van der Waals surface area contributed by atoms with Gasteiger partial charge in [0.2, 0.25) is 0 Å². The molecule has 0 saturated carbocycles. The van der Waals surface area contributed by atoms with E-state index >= 15 is 0 Å². The maximum atomic E-state index is 11.0. The molecule has 2 rings (SSSR count). The second-order valence-corrected chi connectivity index (χ2v) is 5.80. The normalized spacial score (nSPS) is 11.6. The summed E-state index contributed by atoms with van der Waals surface area (Å²) >= 11 is 0. The molecule has 0 aliphatic heterocycles. The summed E-state index contributed by atoms with van der Waals surface area (Å²) in [4.78, 5) is 4.02. The van der Waals surface area contributed by atoms with Gasteiger partial charge in [-0.1, -0.05) is 0 Å². The van der Waals surface area contributed by atoms with Gasteiger partial charge in [0.05, 0.1) is 10.6 Å². The summed E-state index contributed by atoms with van der Waals surface area (Å²) < 4.78 is 27.2. The molecule has 16 heavy (non-hydrogen) atoms. The second kappa shape index (κ2) is 3.92. The Hall–Kier alpha value is -1.33. The highest BCUT2D eigenvalue weighted by molar-refractivity contribution is 8.13. The lowest BCUT2D eigenvalue weighted by atomic mass is 10.1. The molecule has 0 radical (unpaired) electrons. The van der Waals surface area contributed by atoms with Crippen molar-refractivity contribution in [3.8, 4) is 11.3 Å². The number of hydrogen-bond acceptors (Lipinski definition) is 4. The summed E-state index contributed by atoms with van der Waals surface area (Å²) in [6, 6.07) is 6.12. The Morgan fingerprint density at radius 1 is 1.25 bits per heavy atom. The van der Waals surface area contributed by atoms with Crippen LogP contribution >= 0.6 is 10.7 Å². The van der Waals surface area contributed by atoms with Gasteiger partial charge >= 0.3 is 0 Å². The number of aromatic nitrogens is 1. The molecular weight excluding hydrogens is 250 g/mol. The van der Waals surface area contributed by atoms with Gasteiger partial charge in [-0.15, -0.1) is 0 Å². The lowest BCUT2D eigenvalue weighted by Crippen LogP contribution is -1.89. The molecule has 0 N–H and O–H groups in total. The quantitative estimate of drug-likeness (QED) is 0.776. The summed E-state index contributed by atoms with van der Waals surface area (Å²) in [5, 5.41) is 0. The van der Waals surface area contributed by atoms with Crippen molar-refractivity contribution >= 4 is 19.7 Å². The zero-order valence-corrected chi connectivity index (χ0v) is 9.92. The van der Waals surface area contributed by atoms with Crippen molar-refractivity contribution in [2.24, 2.45) is 0 Å². The molecule has 0 bridgehead atoms. The van der Waals surface area contributed by atoms with Crippen molar-refractivity contribution in [1.29, 1.82) is 0 Å². The zero-order valence-electron chi connectivity index (χ0n) is 8.34. The molecule has 0 atom stereocenters. The third-order valence-electron chi connectivity index (χ3n) is 2.14. The van der Waals surface area contributed by atoms with Gasteiger partial charge in [-0.05, 0) is 31.2 Å². The molecule has 1 heterocycles. The van der Waals surface area contributed by atoms with E-state index in [0.717, 1.165) is 11.3 Å². The fourth-order valence-electron chi connectivity index (χ4n) is 1.35. The molecule has 0 amide bonds. The molecule has 84 valence electrons. The van der Waals surface area contributed by atoms with Crippen LogP contribution in [0.15, 0.2) is 40.0 Å². The number of nitrogens with zero attached hydrogens (tertiary/aromatic N) is 1. The smallest absolute Gasteiger partial charge is 0.261 e. The van der Waals surface area contributed by atoms with Crippen LogP contribution < -0.4 is 0 Å². The van der Waals surface area contributed by atoms with E-state index in [4.69, 9.17) is 15.1 Å². The lowest BCUT2D eigenvalue weighted by Gasteiger charge is -1.99. The monoisotopic (exact) mass is 257 g/mol. The average Bonchev–Trinajstić information content (AvgIpc) is 2.63. The molecule has 6 heteroatoms. The van der Waals surface area contributed by atoms with Gasteiger partial charge in [0, 0.05) is 16.2 Å². The SMILES string of the molecule is Cc1ncoc1-c1ccc(S(=O)(=O)Cl)cc1. The number of hydrogen-bond donors (Lipinski definition) is 0. The summed E-state index contributed by atoms with van der Waals surface area (Å²) in [5.41, 5.74) is 1.51. The van der Waals surface area contributed by atoms with Gasteiger partial charge in [0.1, 0.15) is 0 Å². The first kappa shape index (κ1) is 11.2. The van der Waals surface area contributed by atoms with Crippen molar-refractivity contribution in [2.75, 3.05) is 0 Å². The predicted molar refractivity (Wildman–Crippen MR) is 59.7 cm³/mol. The van der Waals surface area contributed by atoms with E-state index < -0.39 is 9.05 Å². The molecule has 2 aromatic rings. The van der Waals surface area contributed by atoms with E-state index in [-0.39, 0.29) is 4.90 Å². The third kappa shape index (κ3) is 2.10. The van der Waals surface area contributed by atoms with E-state index in [9.17, 15) is 8.42 Å². The molecule has 0 aliphatic rings. The van der Waals surface area contributed by atoms with Gasteiger partial charge in [0.25, 0.3) is 9.05 Å². The van der Waals surface area contributed by atoms with E-state index in [1.807, 2.05) is 6.92 Å². The van der Waals surface area contributed by atoms with Crippen molar-refractivity contribution in [3.63, 3.8) is 0 Å². The summed E-state index contributed by atoms with van der Waals surface area (Å²) in [6.07, 6.45) is 1.34. The topological polar surface area (TPSA) is 60.2 Å². The Morgan fingerprint density at radius 3 is 2.31 bits per heavy atom. The van der Waals surface area contributed by atoms with Crippen LogP contribution in [0.25, 0.3) is 11.3 Å². The van der Waals surface area contributed by atoms with E-state index in [1.54, 1.807) is 12.1 Å². The highest BCUT2D eigenvalue weighted by Crippen LogP contribution is 2.24. The standard InChI is InChI=1S/C10H8ClNO3S/c1-7-10(15-6-12-7)8-2-4-9(5-3-8)16(11,13)14/h2-6H,1H3. The molecule has 0 fully saturated rings. The predicted octanol–water partition coefficient (Wildman–Crippen LogP) is 2.58. The Bertz CT molecular complexity index is 601. The summed E-state index contributed by atoms with van der Waals surface area (Å²) in [5.74, 6) is 0.624. The number of aryl methyl sites for hydroxylation is 1. The van der Waals surface area contributed by atoms with Crippen LogP contribution in [0.5, 0.6) is 0 Å². The van der Waals surface area contributed by atoms with Gasteiger partial charge in [-0.2, -0.15) is 0 Å².